The molecule has 1 aromatic carbocycles. The van der Waals surface area contributed by atoms with Gasteiger partial charge in [0, 0.05) is 22.5 Å². The number of thiazole rings is 1. The molecule has 0 bridgehead atoms. The molecular weight excluding hydrogens is 394 g/mol. The Labute approximate surface area is 169 Å². The number of hydrogen-bond donors (Lipinski definition) is 1. The first-order valence-electron chi connectivity index (χ1n) is 8.29. The Bertz CT molecular complexity index is 1080. The summed E-state index contributed by atoms with van der Waals surface area (Å²) in [7, 11) is 1.60. The van der Waals surface area contributed by atoms with Crippen molar-refractivity contribution in [2.45, 2.75) is 0 Å². The third-order valence-electron chi connectivity index (χ3n) is 3.80. The van der Waals surface area contributed by atoms with Crippen LogP contribution >= 0.6 is 22.7 Å². The Morgan fingerprint density at radius 1 is 1.07 bits per heavy atom. The molecule has 0 aliphatic carbocycles. The SMILES string of the molecule is COc1ccc(Oc2ncccc2NC(=O)c2csc(-c3ccsc3)n2)cc1. The second kappa shape index (κ2) is 8.20. The van der Waals surface area contributed by atoms with Crippen molar-refractivity contribution in [3.8, 4) is 28.0 Å². The predicted molar refractivity (Wildman–Crippen MR) is 111 cm³/mol. The van der Waals surface area contributed by atoms with Crippen molar-refractivity contribution in [1.29, 1.82) is 0 Å². The van der Waals surface area contributed by atoms with Gasteiger partial charge in [-0.15, -0.1) is 11.3 Å². The summed E-state index contributed by atoms with van der Waals surface area (Å²) in [6, 6.07) is 12.6. The van der Waals surface area contributed by atoms with E-state index in [9.17, 15) is 4.79 Å². The zero-order valence-corrected chi connectivity index (χ0v) is 16.4. The van der Waals surface area contributed by atoms with Crippen LogP contribution in [0.2, 0.25) is 0 Å². The van der Waals surface area contributed by atoms with E-state index in [1.807, 2.05) is 16.8 Å². The number of carbonyl (C=O) groups is 1. The number of nitrogens with zero attached hydrogens (tertiary/aromatic N) is 2. The average molecular weight is 409 g/mol. The van der Waals surface area contributed by atoms with Crippen LogP contribution in [0.25, 0.3) is 10.6 Å². The van der Waals surface area contributed by atoms with Crippen molar-refractivity contribution in [3.05, 3.63) is 70.5 Å². The standard InChI is InChI=1S/C20H15N3O3S2/c1-25-14-4-6-15(7-5-14)26-19-16(3-2-9-21-19)22-18(24)17-12-28-20(23-17)13-8-10-27-11-13/h2-12H,1H3,(H,22,24). The van der Waals surface area contributed by atoms with Gasteiger partial charge in [0.15, 0.2) is 0 Å². The highest BCUT2D eigenvalue weighted by molar-refractivity contribution is 7.14. The van der Waals surface area contributed by atoms with Crippen LogP contribution in [0.4, 0.5) is 5.69 Å². The van der Waals surface area contributed by atoms with E-state index in [4.69, 9.17) is 9.47 Å². The van der Waals surface area contributed by atoms with Crippen LogP contribution in [0.3, 0.4) is 0 Å². The van der Waals surface area contributed by atoms with Gasteiger partial charge in [0.25, 0.3) is 5.91 Å². The average Bonchev–Trinajstić information content (AvgIpc) is 3.42. The highest BCUT2D eigenvalue weighted by Crippen LogP contribution is 2.29. The second-order valence-electron chi connectivity index (χ2n) is 5.64. The van der Waals surface area contributed by atoms with Crippen molar-refractivity contribution >= 4 is 34.3 Å². The van der Waals surface area contributed by atoms with Gasteiger partial charge < -0.3 is 14.8 Å². The summed E-state index contributed by atoms with van der Waals surface area (Å²) in [5.41, 5.74) is 1.83. The van der Waals surface area contributed by atoms with E-state index in [-0.39, 0.29) is 5.91 Å². The third-order valence-corrected chi connectivity index (χ3v) is 5.37. The first-order chi connectivity index (χ1) is 13.7. The molecule has 1 amide bonds. The molecule has 28 heavy (non-hydrogen) atoms. The molecule has 1 N–H and O–H groups in total. The molecule has 6 nitrogen and oxygen atoms in total. The number of aromatic nitrogens is 2. The minimum Gasteiger partial charge on any atom is -0.497 e. The van der Waals surface area contributed by atoms with Crippen LogP contribution < -0.4 is 14.8 Å². The highest BCUT2D eigenvalue weighted by Gasteiger charge is 2.15. The van der Waals surface area contributed by atoms with Gasteiger partial charge in [-0.05, 0) is 47.8 Å². The van der Waals surface area contributed by atoms with Gasteiger partial charge in [-0.1, -0.05) is 0 Å². The maximum atomic E-state index is 12.6. The molecule has 0 fully saturated rings. The summed E-state index contributed by atoms with van der Waals surface area (Å²) in [5, 5.41) is 9.36. The largest absolute Gasteiger partial charge is 0.497 e. The normalized spacial score (nSPS) is 10.5. The molecule has 4 aromatic rings. The Morgan fingerprint density at radius 3 is 2.64 bits per heavy atom. The van der Waals surface area contributed by atoms with Gasteiger partial charge in [0.1, 0.15) is 27.9 Å². The van der Waals surface area contributed by atoms with Gasteiger partial charge >= 0.3 is 0 Å². The van der Waals surface area contributed by atoms with E-state index < -0.39 is 0 Å². The number of pyridine rings is 1. The number of methoxy groups -OCH3 is 1. The Balaban J connectivity index is 1.51. The molecule has 3 heterocycles. The fraction of sp³-hybridized carbons (Fsp3) is 0.0500. The van der Waals surface area contributed by atoms with Crippen LogP contribution in [0.5, 0.6) is 17.4 Å². The lowest BCUT2D eigenvalue weighted by molar-refractivity contribution is 0.102. The molecule has 0 aliphatic rings. The third kappa shape index (κ3) is 4.03. The van der Waals surface area contributed by atoms with E-state index in [2.05, 4.69) is 15.3 Å². The Hall–Kier alpha value is -3.23. The fourth-order valence-corrected chi connectivity index (χ4v) is 3.92. The summed E-state index contributed by atoms with van der Waals surface area (Å²) in [6.45, 7) is 0. The number of hydrogen-bond acceptors (Lipinski definition) is 7. The molecule has 4 rings (SSSR count). The predicted octanol–water partition coefficient (Wildman–Crippen LogP) is 5.32. The molecule has 0 saturated heterocycles. The van der Waals surface area contributed by atoms with Gasteiger partial charge in [-0.3, -0.25) is 4.79 Å². The van der Waals surface area contributed by atoms with Gasteiger partial charge in [-0.25, -0.2) is 9.97 Å². The first-order valence-corrected chi connectivity index (χ1v) is 10.1. The molecular formula is C20H15N3O3S2. The van der Waals surface area contributed by atoms with Crippen molar-refractivity contribution in [2.24, 2.45) is 0 Å². The summed E-state index contributed by atoms with van der Waals surface area (Å²) < 4.78 is 11.0. The quantitative estimate of drug-likeness (QED) is 0.467. The molecule has 8 heteroatoms. The fourth-order valence-electron chi connectivity index (χ4n) is 2.41. The molecule has 0 unspecified atom stereocenters. The van der Waals surface area contributed by atoms with E-state index in [0.717, 1.165) is 16.3 Å². The smallest absolute Gasteiger partial charge is 0.275 e. The summed E-state index contributed by atoms with van der Waals surface area (Å²) in [5.74, 6) is 1.30. The van der Waals surface area contributed by atoms with Crippen LogP contribution in [-0.4, -0.2) is 23.0 Å². The monoisotopic (exact) mass is 409 g/mol. The zero-order valence-electron chi connectivity index (χ0n) is 14.8. The van der Waals surface area contributed by atoms with Crippen LogP contribution in [0.15, 0.2) is 64.8 Å². The first kappa shape index (κ1) is 18.1. The minimum atomic E-state index is -0.315. The highest BCUT2D eigenvalue weighted by atomic mass is 32.1. The molecule has 0 atom stereocenters. The molecule has 3 aromatic heterocycles. The van der Waals surface area contributed by atoms with E-state index in [1.54, 1.807) is 66.4 Å². The lowest BCUT2D eigenvalue weighted by atomic mass is 10.3. The lowest BCUT2D eigenvalue weighted by Gasteiger charge is -2.10. The lowest BCUT2D eigenvalue weighted by Crippen LogP contribution is -2.13. The minimum absolute atomic E-state index is 0.300. The zero-order chi connectivity index (χ0) is 19.3. The number of rotatable bonds is 6. The Kier molecular flexibility index (Phi) is 5.31. The summed E-state index contributed by atoms with van der Waals surface area (Å²) in [6.07, 6.45) is 1.60. The van der Waals surface area contributed by atoms with Crippen LogP contribution in [0, 0.1) is 0 Å². The van der Waals surface area contributed by atoms with Gasteiger partial charge in [-0.2, -0.15) is 11.3 Å². The van der Waals surface area contributed by atoms with Crippen molar-refractivity contribution in [1.82, 2.24) is 9.97 Å². The van der Waals surface area contributed by atoms with Gasteiger partial charge in [0.2, 0.25) is 5.88 Å². The summed E-state index contributed by atoms with van der Waals surface area (Å²) in [4.78, 5) is 21.3. The molecule has 140 valence electrons. The van der Waals surface area contributed by atoms with E-state index >= 15 is 0 Å². The van der Waals surface area contributed by atoms with Crippen molar-refractivity contribution in [2.75, 3.05) is 12.4 Å². The van der Waals surface area contributed by atoms with Crippen molar-refractivity contribution in [3.63, 3.8) is 0 Å². The number of anilines is 1. The number of nitrogens with one attached hydrogen (secondary N) is 1. The van der Waals surface area contributed by atoms with E-state index in [0.29, 0.717) is 23.0 Å². The second-order valence-corrected chi connectivity index (χ2v) is 7.28. The number of carbonyl (C=O) groups excluding carboxylic acids is 1. The van der Waals surface area contributed by atoms with Crippen LogP contribution in [0.1, 0.15) is 10.5 Å². The number of benzene rings is 1. The Morgan fingerprint density at radius 2 is 1.89 bits per heavy atom. The molecule has 0 radical (unpaired) electrons. The maximum absolute atomic E-state index is 12.6. The van der Waals surface area contributed by atoms with Crippen LogP contribution in [-0.2, 0) is 0 Å². The van der Waals surface area contributed by atoms with E-state index in [1.165, 1.54) is 11.3 Å². The molecule has 0 spiro atoms. The van der Waals surface area contributed by atoms with Gasteiger partial charge in [0.05, 0.1) is 7.11 Å². The maximum Gasteiger partial charge on any atom is 0.275 e. The van der Waals surface area contributed by atoms with Crippen molar-refractivity contribution < 1.29 is 14.3 Å². The number of amides is 1. The summed E-state index contributed by atoms with van der Waals surface area (Å²) >= 11 is 3.03. The number of ether oxygens (including phenoxy) is 2. The molecule has 0 aliphatic heterocycles. The number of thiophene rings is 1. The molecule has 0 saturated carbocycles. The topological polar surface area (TPSA) is 73.3 Å².